The monoisotopic (exact) mass is 978 g/mol. The van der Waals surface area contributed by atoms with Gasteiger partial charge in [-0.25, -0.2) is 4.98 Å². The molecule has 0 aliphatic carbocycles. The van der Waals surface area contributed by atoms with Crippen LogP contribution in [0.4, 0.5) is 11.4 Å². The van der Waals surface area contributed by atoms with Crippen LogP contribution in [0.5, 0.6) is 11.5 Å². The molecule has 0 N–H and O–H groups in total. The van der Waals surface area contributed by atoms with Gasteiger partial charge < -0.3 is 19.1 Å². The quantitative estimate of drug-likeness (QED) is 0.142. The zero-order valence-electron chi connectivity index (χ0n) is 36.1. The number of nitrogens with zero attached hydrogens (tertiary/aromatic N) is 4. The SMILES string of the molecule is CC(C)(C)c1cccc(N2C=CN(c3[c-]c(Oc4[c-]c5c(c(C(C)(C)c6ccccc6)c4)c4ccccc4n5-c4cc(C(C)(C)C)ccn4)cc(-c4ccccc4)c3)[CH-]2)c1.[Pt]. The second-order valence-electron chi connectivity index (χ2n) is 18.4. The number of benzene rings is 6. The molecule has 5 nitrogen and oxygen atoms in total. The van der Waals surface area contributed by atoms with Crippen LogP contribution >= 0.6 is 0 Å². The Bertz CT molecular complexity index is 2880. The third kappa shape index (κ3) is 8.17. The Hall–Kier alpha value is -5.90. The Balaban J connectivity index is 0.00000514. The summed E-state index contributed by atoms with van der Waals surface area (Å²) >= 11 is 0. The average molecular weight is 979 g/mol. The van der Waals surface area contributed by atoms with Gasteiger partial charge in [0.25, 0.3) is 0 Å². The van der Waals surface area contributed by atoms with Crippen LogP contribution in [0.25, 0.3) is 38.8 Å². The fourth-order valence-electron chi connectivity index (χ4n) is 8.21. The maximum Gasteiger partial charge on any atom is 0.135 e. The van der Waals surface area contributed by atoms with Crippen molar-refractivity contribution in [1.82, 2.24) is 9.55 Å². The number of aromatic nitrogens is 2. The summed E-state index contributed by atoms with van der Waals surface area (Å²) in [6.07, 6.45) is 6.08. The van der Waals surface area contributed by atoms with Crippen molar-refractivity contribution >= 4 is 33.2 Å². The van der Waals surface area contributed by atoms with Gasteiger partial charge in [0.1, 0.15) is 5.82 Å². The Kier molecular flexibility index (Phi) is 11.1. The van der Waals surface area contributed by atoms with Gasteiger partial charge in [0.05, 0.1) is 0 Å². The van der Waals surface area contributed by atoms with E-state index in [4.69, 9.17) is 9.72 Å². The molecule has 0 saturated heterocycles. The molecule has 1 aliphatic heterocycles. The summed E-state index contributed by atoms with van der Waals surface area (Å²) < 4.78 is 9.28. The molecule has 0 amide bonds. The molecule has 0 saturated carbocycles. The molecule has 6 aromatic carbocycles. The third-order valence-electron chi connectivity index (χ3n) is 11.8. The first-order valence-corrected chi connectivity index (χ1v) is 20.8. The molecule has 6 heteroatoms. The van der Waals surface area contributed by atoms with E-state index in [1.807, 2.05) is 12.3 Å². The van der Waals surface area contributed by atoms with Crippen molar-refractivity contribution in [3.05, 3.63) is 199 Å². The largest absolute Gasteiger partial charge is 0.509 e. The predicted octanol–water partition coefficient (Wildman–Crippen LogP) is 14.1. The van der Waals surface area contributed by atoms with Gasteiger partial charge in [0.2, 0.25) is 0 Å². The molecule has 9 rings (SSSR count). The Labute approximate surface area is 375 Å². The smallest absolute Gasteiger partial charge is 0.135 e. The minimum Gasteiger partial charge on any atom is -0.509 e. The Morgan fingerprint density at radius 2 is 1.21 bits per heavy atom. The second-order valence-corrected chi connectivity index (χ2v) is 18.4. The van der Waals surface area contributed by atoms with E-state index in [1.165, 1.54) is 16.7 Å². The van der Waals surface area contributed by atoms with Crippen LogP contribution in [0.2, 0.25) is 0 Å². The number of fused-ring (bicyclic) bond motifs is 3. The topological polar surface area (TPSA) is 33.5 Å². The maximum absolute atomic E-state index is 7.03. The van der Waals surface area contributed by atoms with Crippen molar-refractivity contribution in [3.63, 3.8) is 0 Å². The molecule has 0 fully saturated rings. The molecule has 2 aromatic heterocycles. The van der Waals surface area contributed by atoms with E-state index in [0.29, 0.717) is 11.5 Å². The van der Waals surface area contributed by atoms with Crippen molar-refractivity contribution < 1.29 is 25.8 Å². The molecule has 0 unspecified atom stereocenters. The van der Waals surface area contributed by atoms with Crippen LogP contribution in [-0.2, 0) is 37.3 Å². The summed E-state index contributed by atoms with van der Waals surface area (Å²) in [6.45, 7) is 20.1. The summed E-state index contributed by atoms with van der Waals surface area (Å²) in [7, 11) is 0. The van der Waals surface area contributed by atoms with E-state index in [9.17, 15) is 0 Å². The van der Waals surface area contributed by atoms with Crippen LogP contribution in [0.3, 0.4) is 0 Å². The van der Waals surface area contributed by atoms with Crippen LogP contribution in [0.1, 0.15) is 77.6 Å². The van der Waals surface area contributed by atoms with Gasteiger partial charge in [-0.1, -0.05) is 157 Å². The number of para-hydroxylation sites is 1. The molecule has 61 heavy (non-hydrogen) atoms. The fourth-order valence-corrected chi connectivity index (χ4v) is 8.21. The van der Waals surface area contributed by atoms with Crippen molar-refractivity contribution in [1.29, 1.82) is 0 Å². The minimum atomic E-state index is -0.397. The molecule has 8 aromatic rings. The molecular formula is C55H51N4OPt-3. The minimum absolute atomic E-state index is 0. The van der Waals surface area contributed by atoms with E-state index < -0.39 is 5.41 Å². The summed E-state index contributed by atoms with van der Waals surface area (Å²) in [5.74, 6) is 2.04. The summed E-state index contributed by atoms with van der Waals surface area (Å²) in [5, 5.41) is 2.27. The third-order valence-corrected chi connectivity index (χ3v) is 11.8. The second kappa shape index (κ2) is 16.2. The van der Waals surface area contributed by atoms with Crippen LogP contribution in [0.15, 0.2) is 158 Å². The van der Waals surface area contributed by atoms with Gasteiger partial charge in [-0.3, -0.25) is 0 Å². The fraction of sp³-hybridized carbons (Fsp3) is 0.200. The molecular weight excluding hydrogens is 928 g/mol. The number of rotatable bonds is 8. The van der Waals surface area contributed by atoms with Gasteiger partial charge >= 0.3 is 0 Å². The van der Waals surface area contributed by atoms with E-state index >= 15 is 0 Å². The molecule has 0 bridgehead atoms. The van der Waals surface area contributed by atoms with Gasteiger partial charge in [-0.15, -0.1) is 53.8 Å². The van der Waals surface area contributed by atoms with Crippen LogP contribution in [0, 0.1) is 18.8 Å². The van der Waals surface area contributed by atoms with E-state index in [2.05, 4.69) is 234 Å². The number of hydrogen-bond acceptors (Lipinski definition) is 4. The van der Waals surface area contributed by atoms with Crippen molar-refractivity contribution in [3.8, 4) is 28.4 Å². The van der Waals surface area contributed by atoms with Crippen molar-refractivity contribution in [2.75, 3.05) is 9.80 Å². The first-order valence-electron chi connectivity index (χ1n) is 20.8. The van der Waals surface area contributed by atoms with Gasteiger partial charge in [-0.2, -0.15) is 0 Å². The molecule has 0 radical (unpaired) electrons. The predicted molar refractivity (Wildman–Crippen MR) is 249 cm³/mol. The van der Waals surface area contributed by atoms with E-state index in [1.54, 1.807) is 0 Å². The Morgan fingerprint density at radius 1 is 0.574 bits per heavy atom. The summed E-state index contributed by atoms with van der Waals surface area (Å²) in [4.78, 5) is 9.24. The van der Waals surface area contributed by atoms with Crippen LogP contribution < -0.4 is 14.5 Å². The number of hydrogen-bond donors (Lipinski definition) is 0. The summed E-state index contributed by atoms with van der Waals surface area (Å²) in [6, 6.07) is 56.7. The van der Waals surface area contributed by atoms with Gasteiger partial charge in [-0.05, 0) is 86.6 Å². The maximum atomic E-state index is 7.03. The molecule has 310 valence electrons. The van der Waals surface area contributed by atoms with Crippen LogP contribution in [-0.4, -0.2) is 9.55 Å². The van der Waals surface area contributed by atoms with Gasteiger partial charge in [0, 0.05) is 50.0 Å². The molecule has 1 aliphatic rings. The van der Waals surface area contributed by atoms with E-state index in [-0.39, 0.29) is 31.9 Å². The molecule has 3 heterocycles. The average Bonchev–Trinajstić information content (AvgIpc) is 3.87. The zero-order chi connectivity index (χ0) is 41.8. The Morgan fingerprint density at radius 3 is 1.95 bits per heavy atom. The molecule has 0 spiro atoms. The zero-order valence-corrected chi connectivity index (χ0v) is 38.4. The number of ether oxygens (including phenoxy) is 1. The van der Waals surface area contributed by atoms with Crippen molar-refractivity contribution in [2.24, 2.45) is 0 Å². The molecule has 0 atom stereocenters. The van der Waals surface area contributed by atoms with Crippen molar-refractivity contribution in [2.45, 2.75) is 71.6 Å². The summed E-state index contributed by atoms with van der Waals surface area (Å²) in [5.41, 5.74) is 10.5. The number of anilines is 2. The van der Waals surface area contributed by atoms with E-state index in [0.717, 1.165) is 55.7 Å². The standard InChI is InChI=1S/C55H51N4O.Pt/c1-53(2,3)41-22-17-23-43(32-41)57-28-29-58(37-57)44-30-39(38-18-11-9-12-19-38)31-45(34-44)60-46-35-48(55(7,8)40-20-13-10-14-21-40)52-47-24-15-16-25-49(47)59(50(52)36-46)51-33-42(26-27-56-51)54(4,5)6;/h9-33,35,37H,1-8H3;/q-3;. The number of pyridine rings is 1. The first-order chi connectivity index (χ1) is 28.7. The normalized spacial score (nSPS) is 13.2. The first kappa shape index (κ1) is 41.8. The van der Waals surface area contributed by atoms with Gasteiger partial charge in [0.15, 0.2) is 0 Å².